The first-order valence-electron chi connectivity index (χ1n) is 10.3. The molecule has 0 spiro atoms. The molecular formula is C21H30N4O4S. The molecule has 1 aromatic carbocycles. The highest BCUT2D eigenvalue weighted by Gasteiger charge is 2.28. The van der Waals surface area contributed by atoms with Gasteiger partial charge in [-0.1, -0.05) is 20.8 Å². The zero-order valence-corrected chi connectivity index (χ0v) is 18.8. The molecule has 0 bridgehead atoms. The van der Waals surface area contributed by atoms with E-state index in [2.05, 4.69) is 14.9 Å². The van der Waals surface area contributed by atoms with Crippen LogP contribution in [0.25, 0.3) is 11.4 Å². The van der Waals surface area contributed by atoms with E-state index in [9.17, 15) is 13.2 Å². The number of ether oxygens (including phenoxy) is 1. The molecule has 0 amide bonds. The molecule has 164 valence electrons. The summed E-state index contributed by atoms with van der Waals surface area (Å²) in [4.78, 5) is 21.8. The van der Waals surface area contributed by atoms with Gasteiger partial charge in [0, 0.05) is 32.2 Å². The lowest BCUT2D eigenvalue weighted by Crippen LogP contribution is -2.47. The molecule has 1 aliphatic rings. The van der Waals surface area contributed by atoms with Crippen LogP contribution < -0.4 is 10.3 Å². The second kappa shape index (κ2) is 9.28. The molecule has 2 heterocycles. The number of aromatic nitrogens is 2. The molecule has 1 aromatic heterocycles. The summed E-state index contributed by atoms with van der Waals surface area (Å²) < 4.78 is 33.8. The van der Waals surface area contributed by atoms with E-state index >= 15 is 0 Å². The first kappa shape index (κ1) is 22.5. The minimum absolute atomic E-state index is 0.0586. The van der Waals surface area contributed by atoms with Crippen LogP contribution in [0.4, 0.5) is 0 Å². The molecule has 1 N–H and O–H groups in total. The number of hydrogen-bond donors (Lipinski definition) is 1. The second-order valence-corrected chi connectivity index (χ2v) is 9.83. The number of H-pyrrole nitrogens is 1. The van der Waals surface area contributed by atoms with Crippen LogP contribution in [-0.4, -0.2) is 67.4 Å². The lowest BCUT2D eigenvalue weighted by Gasteiger charge is -2.31. The van der Waals surface area contributed by atoms with Gasteiger partial charge in [0.05, 0.1) is 22.8 Å². The Morgan fingerprint density at radius 2 is 1.87 bits per heavy atom. The van der Waals surface area contributed by atoms with Gasteiger partial charge in [-0.2, -0.15) is 4.31 Å². The molecule has 2 aromatic rings. The van der Waals surface area contributed by atoms with Gasteiger partial charge >= 0.3 is 0 Å². The smallest absolute Gasteiger partial charge is 0.251 e. The first-order valence-corrected chi connectivity index (χ1v) is 11.7. The van der Waals surface area contributed by atoms with Crippen LogP contribution in [0.1, 0.15) is 38.8 Å². The summed E-state index contributed by atoms with van der Waals surface area (Å²) in [6.45, 7) is 8.64. The highest BCUT2D eigenvalue weighted by molar-refractivity contribution is 7.89. The number of rotatable bonds is 7. The van der Waals surface area contributed by atoms with Crippen molar-refractivity contribution in [1.82, 2.24) is 19.2 Å². The Kier molecular flexibility index (Phi) is 6.95. The van der Waals surface area contributed by atoms with E-state index in [0.29, 0.717) is 55.6 Å². The molecule has 1 aliphatic heterocycles. The predicted molar refractivity (Wildman–Crippen MR) is 116 cm³/mol. The van der Waals surface area contributed by atoms with Crippen molar-refractivity contribution < 1.29 is 13.2 Å². The van der Waals surface area contributed by atoms with Crippen LogP contribution in [0.15, 0.2) is 34.0 Å². The molecule has 0 atom stereocenters. The number of nitrogens with one attached hydrogen (secondary N) is 1. The lowest BCUT2D eigenvalue weighted by atomic mass is 10.1. The molecule has 30 heavy (non-hydrogen) atoms. The van der Waals surface area contributed by atoms with Crippen molar-refractivity contribution >= 4 is 10.0 Å². The van der Waals surface area contributed by atoms with Crippen molar-refractivity contribution in [2.75, 3.05) is 39.8 Å². The number of piperazine rings is 1. The number of sulfonamides is 1. The van der Waals surface area contributed by atoms with Crippen LogP contribution in [0.3, 0.4) is 0 Å². The lowest BCUT2D eigenvalue weighted by molar-refractivity contribution is 0.222. The summed E-state index contributed by atoms with van der Waals surface area (Å²) in [5.74, 6) is 0.870. The second-order valence-electron chi connectivity index (χ2n) is 7.89. The van der Waals surface area contributed by atoms with Gasteiger partial charge in [-0.15, -0.1) is 0 Å². The standard InChI is InChI=1S/C21H30N4O4S/c1-5-12-29-19-7-6-16(30(27,28)25-10-8-24(4)9-11-25)13-17(19)21-22-18(15(2)3)14-20(26)23-21/h6-7,13-15H,5,8-12H2,1-4H3,(H,22,23,26). The maximum Gasteiger partial charge on any atom is 0.251 e. The van der Waals surface area contributed by atoms with Gasteiger partial charge in [-0.3, -0.25) is 4.79 Å². The number of nitrogens with zero attached hydrogens (tertiary/aromatic N) is 3. The third-order valence-corrected chi connectivity index (χ3v) is 7.02. The first-order chi connectivity index (χ1) is 14.2. The summed E-state index contributed by atoms with van der Waals surface area (Å²) in [5.41, 5.74) is 0.832. The van der Waals surface area contributed by atoms with Crippen molar-refractivity contribution in [3.63, 3.8) is 0 Å². The molecular weight excluding hydrogens is 404 g/mol. The molecule has 1 fully saturated rings. The largest absolute Gasteiger partial charge is 0.493 e. The van der Waals surface area contributed by atoms with Gasteiger partial charge in [0.2, 0.25) is 10.0 Å². The van der Waals surface area contributed by atoms with E-state index in [1.54, 1.807) is 18.2 Å². The maximum atomic E-state index is 13.2. The zero-order valence-electron chi connectivity index (χ0n) is 18.0. The van der Waals surface area contributed by atoms with E-state index in [1.165, 1.54) is 10.4 Å². The SMILES string of the molecule is CCCOc1ccc(S(=O)(=O)N2CCN(C)CC2)cc1-c1nc(C(C)C)cc(=O)[nH]1. The van der Waals surface area contributed by atoms with Crippen LogP contribution >= 0.6 is 0 Å². The number of likely N-dealkylation sites (N-methyl/N-ethyl adjacent to an activating group) is 1. The van der Waals surface area contributed by atoms with E-state index < -0.39 is 10.0 Å². The number of benzene rings is 1. The normalized spacial score (nSPS) is 16.2. The van der Waals surface area contributed by atoms with Crippen LogP contribution in [-0.2, 0) is 10.0 Å². The maximum absolute atomic E-state index is 13.2. The molecule has 0 unspecified atom stereocenters. The van der Waals surface area contributed by atoms with Gasteiger partial charge < -0.3 is 14.6 Å². The van der Waals surface area contributed by atoms with Crippen molar-refractivity contribution in [3.05, 3.63) is 40.3 Å². The Bertz CT molecular complexity index is 1040. The Hall–Kier alpha value is -2.23. The Morgan fingerprint density at radius 3 is 2.50 bits per heavy atom. The summed E-state index contributed by atoms with van der Waals surface area (Å²) in [6, 6.07) is 6.23. The zero-order chi connectivity index (χ0) is 21.9. The average molecular weight is 435 g/mol. The van der Waals surface area contributed by atoms with E-state index in [-0.39, 0.29) is 16.4 Å². The minimum atomic E-state index is -3.66. The van der Waals surface area contributed by atoms with Crippen molar-refractivity contribution in [1.29, 1.82) is 0 Å². The molecule has 1 saturated heterocycles. The van der Waals surface area contributed by atoms with Gasteiger partial charge in [0.15, 0.2) is 0 Å². The van der Waals surface area contributed by atoms with E-state index in [1.807, 2.05) is 27.8 Å². The predicted octanol–water partition coefficient (Wildman–Crippen LogP) is 2.29. The molecule has 0 aliphatic carbocycles. The van der Waals surface area contributed by atoms with E-state index in [4.69, 9.17) is 4.74 Å². The fourth-order valence-electron chi connectivity index (χ4n) is 3.27. The van der Waals surface area contributed by atoms with Crippen molar-refractivity contribution in [3.8, 4) is 17.1 Å². The van der Waals surface area contributed by atoms with Gasteiger partial charge in [-0.25, -0.2) is 13.4 Å². The fraction of sp³-hybridized carbons (Fsp3) is 0.524. The van der Waals surface area contributed by atoms with Crippen LogP contribution in [0, 0.1) is 0 Å². The summed E-state index contributed by atoms with van der Waals surface area (Å²) in [7, 11) is -1.68. The van der Waals surface area contributed by atoms with Crippen molar-refractivity contribution in [2.45, 2.75) is 38.0 Å². The fourth-order valence-corrected chi connectivity index (χ4v) is 4.72. The summed E-state index contributed by atoms with van der Waals surface area (Å²) in [6.07, 6.45) is 0.802. The Balaban J connectivity index is 2.08. The van der Waals surface area contributed by atoms with Gasteiger partial charge in [0.25, 0.3) is 5.56 Å². The average Bonchev–Trinajstić information content (AvgIpc) is 2.72. The third-order valence-electron chi connectivity index (χ3n) is 5.12. The van der Waals surface area contributed by atoms with Crippen LogP contribution in [0.5, 0.6) is 5.75 Å². The quantitative estimate of drug-likeness (QED) is 0.718. The van der Waals surface area contributed by atoms with E-state index in [0.717, 1.165) is 6.42 Å². The van der Waals surface area contributed by atoms with Gasteiger partial charge in [0.1, 0.15) is 11.6 Å². The highest BCUT2D eigenvalue weighted by Crippen LogP contribution is 2.32. The topological polar surface area (TPSA) is 95.6 Å². The monoisotopic (exact) mass is 434 g/mol. The molecule has 3 rings (SSSR count). The van der Waals surface area contributed by atoms with Gasteiger partial charge in [-0.05, 0) is 37.6 Å². The molecule has 0 radical (unpaired) electrons. The van der Waals surface area contributed by atoms with Crippen LogP contribution in [0.2, 0.25) is 0 Å². The Morgan fingerprint density at radius 1 is 1.17 bits per heavy atom. The summed E-state index contributed by atoms with van der Waals surface area (Å²) in [5, 5.41) is 0. The molecule has 9 heteroatoms. The summed E-state index contributed by atoms with van der Waals surface area (Å²) >= 11 is 0. The Labute approximate surface area is 177 Å². The number of hydrogen-bond acceptors (Lipinski definition) is 6. The molecule has 8 nitrogen and oxygen atoms in total. The van der Waals surface area contributed by atoms with Crippen molar-refractivity contribution in [2.24, 2.45) is 0 Å². The minimum Gasteiger partial charge on any atom is -0.493 e. The molecule has 0 saturated carbocycles. The highest BCUT2D eigenvalue weighted by atomic mass is 32.2. The number of aromatic amines is 1. The third kappa shape index (κ3) is 4.91.